The third-order valence-corrected chi connectivity index (χ3v) is 3.65. The van der Waals surface area contributed by atoms with E-state index in [0.29, 0.717) is 16.0 Å². The van der Waals surface area contributed by atoms with Gasteiger partial charge in [0.2, 0.25) is 0 Å². The minimum Gasteiger partial charge on any atom is -0.479 e. The van der Waals surface area contributed by atoms with Gasteiger partial charge in [-0.25, -0.2) is 9.78 Å². The van der Waals surface area contributed by atoms with Gasteiger partial charge in [-0.05, 0) is 47.1 Å². The molecular formula is C14H12BrClN2O4. The second-order valence-corrected chi connectivity index (χ2v) is 5.36. The van der Waals surface area contributed by atoms with Gasteiger partial charge < -0.3 is 14.2 Å². The van der Waals surface area contributed by atoms with E-state index in [1.807, 2.05) is 0 Å². The second-order valence-electron chi connectivity index (χ2n) is 4.15. The van der Waals surface area contributed by atoms with Gasteiger partial charge in [-0.15, -0.1) is 0 Å². The summed E-state index contributed by atoms with van der Waals surface area (Å²) >= 11 is 9.06. The second kappa shape index (κ2) is 7.42. The number of esters is 1. The van der Waals surface area contributed by atoms with Crippen LogP contribution in [0.2, 0.25) is 5.15 Å². The predicted molar refractivity (Wildman–Crippen MR) is 83.4 cm³/mol. The first-order valence-electron chi connectivity index (χ1n) is 6.20. The maximum absolute atomic E-state index is 11.3. The molecule has 0 spiro atoms. The van der Waals surface area contributed by atoms with Crippen molar-refractivity contribution in [2.45, 2.75) is 13.0 Å². The van der Waals surface area contributed by atoms with Crippen molar-refractivity contribution in [3.05, 3.63) is 40.1 Å². The number of ether oxygens (including phenoxy) is 3. The zero-order chi connectivity index (χ0) is 16.1. The minimum absolute atomic E-state index is 0.129. The Kier molecular flexibility index (Phi) is 5.57. The summed E-state index contributed by atoms with van der Waals surface area (Å²) in [5, 5.41) is 0.261. The van der Waals surface area contributed by atoms with Crippen LogP contribution in [0.4, 0.5) is 0 Å². The molecule has 8 heteroatoms. The molecule has 0 bridgehead atoms. The van der Waals surface area contributed by atoms with Gasteiger partial charge in [0.1, 0.15) is 11.5 Å². The number of hydrogen-bond acceptors (Lipinski definition) is 6. The number of nitrogens with zero attached hydrogens (tertiary/aromatic N) is 2. The van der Waals surface area contributed by atoms with Crippen LogP contribution in [-0.2, 0) is 9.53 Å². The molecule has 0 saturated heterocycles. The molecule has 0 aliphatic carbocycles. The van der Waals surface area contributed by atoms with Crippen molar-refractivity contribution in [1.82, 2.24) is 9.97 Å². The van der Waals surface area contributed by atoms with E-state index in [4.69, 9.17) is 21.1 Å². The number of halogens is 2. The lowest BCUT2D eigenvalue weighted by Gasteiger charge is -2.12. The molecule has 1 aromatic heterocycles. The van der Waals surface area contributed by atoms with Gasteiger partial charge in [0, 0.05) is 6.20 Å². The van der Waals surface area contributed by atoms with E-state index in [0.717, 1.165) is 0 Å². The summed E-state index contributed by atoms with van der Waals surface area (Å²) in [6, 6.07) is 6.78. The minimum atomic E-state index is -0.689. The standard InChI is InChI=1S/C14H12BrClN2O4/c1-8(13(19)20-2)21-9-3-5-10(6-4-9)22-14-17-7-11(15)12(16)18-14/h3-8H,1-2H3. The molecule has 2 rings (SSSR count). The highest BCUT2D eigenvalue weighted by molar-refractivity contribution is 9.10. The van der Waals surface area contributed by atoms with Crippen molar-refractivity contribution >= 4 is 33.5 Å². The topological polar surface area (TPSA) is 70.5 Å². The molecule has 116 valence electrons. The molecule has 0 N–H and O–H groups in total. The Bertz CT molecular complexity index is 666. The Morgan fingerprint density at radius 3 is 2.50 bits per heavy atom. The van der Waals surface area contributed by atoms with Crippen molar-refractivity contribution in [2.75, 3.05) is 7.11 Å². The van der Waals surface area contributed by atoms with Gasteiger partial charge >= 0.3 is 12.0 Å². The smallest absolute Gasteiger partial charge is 0.346 e. The Balaban J connectivity index is 2.02. The SMILES string of the molecule is COC(=O)C(C)Oc1ccc(Oc2ncc(Br)c(Cl)n2)cc1. The third-order valence-electron chi connectivity index (χ3n) is 2.56. The van der Waals surface area contributed by atoms with E-state index in [1.165, 1.54) is 13.3 Å². The molecule has 1 heterocycles. The van der Waals surface area contributed by atoms with Crippen LogP contribution in [0.1, 0.15) is 6.92 Å². The lowest BCUT2D eigenvalue weighted by Crippen LogP contribution is -2.24. The van der Waals surface area contributed by atoms with Crippen LogP contribution < -0.4 is 9.47 Å². The summed E-state index contributed by atoms with van der Waals surface area (Å²) in [5.41, 5.74) is 0. The fourth-order valence-electron chi connectivity index (χ4n) is 1.49. The molecule has 0 fully saturated rings. The number of methoxy groups -OCH3 is 1. The Hall–Kier alpha value is -1.86. The monoisotopic (exact) mass is 386 g/mol. The van der Waals surface area contributed by atoms with Gasteiger partial charge in [0.15, 0.2) is 11.3 Å². The molecule has 2 aromatic rings. The number of benzene rings is 1. The van der Waals surface area contributed by atoms with E-state index in [9.17, 15) is 4.79 Å². The van der Waals surface area contributed by atoms with Gasteiger partial charge in [-0.3, -0.25) is 0 Å². The Labute approximate surface area is 140 Å². The zero-order valence-corrected chi connectivity index (χ0v) is 14.1. The molecular weight excluding hydrogens is 376 g/mol. The average Bonchev–Trinajstić information content (AvgIpc) is 2.52. The van der Waals surface area contributed by atoms with Crippen LogP contribution in [0.3, 0.4) is 0 Å². The molecule has 6 nitrogen and oxygen atoms in total. The number of hydrogen-bond donors (Lipinski definition) is 0. The first kappa shape index (κ1) is 16.5. The van der Waals surface area contributed by atoms with Gasteiger partial charge in [-0.1, -0.05) is 11.6 Å². The lowest BCUT2D eigenvalue weighted by atomic mass is 10.3. The number of carbonyl (C=O) groups excluding carboxylic acids is 1. The molecule has 1 unspecified atom stereocenters. The van der Waals surface area contributed by atoms with Crippen LogP contribution in [0.25, 0.3) is 0 Å². The summed E-state index contributed by atoms with van der Waals surface area (Å²) < 4.78 is 16.1. The van der Waals surface area contributed by atoms with Crippen molar-refractivity contribution in [3.8, 4) is 17.5 Å². The van der Waals surface area contributed by atoms with Crippen LogP contribution >= 0.6 is 27.5 Å². The Morgan fingerprint density at radius 2 is 1.91 bits per heavy atom. The summed E-state index contributed by atoms with van der Waals surface area (Å²) in [6.45, 7) is 1.61. The third kappa shape index (κ3) is 4.32. The fraction of sp³-hybridized carbons (Fsp3) is 0.214. The van der Waals surface area contributed by atoms with E-state index in [1.54, 1.807) is 31.2 Å². The van der Waals surface area contributed by atoms with Crippen LogP contribution in [0, 0.1) is 0 Å². The van der Waals surface area contributed by atoms with Gasteiger partial charge in [0.05, 0.1) is 11.6 Å². The molecule has 0 aliphatic rings. The molecule has 0 aliphatic heterocycles. The number of rotatable bonds is 5. The predicted octanol–water partition coefficient (Wildman–Crippen LogP) is 3.63. The highest BCUT2D eigenvalue weighted by Gasteiger charge is 2.14. The van der Waals surface area contributed by atoms with E-state index >= 15 is 0 Å². The first-order valence-corrected chi connectivity index (χ1v) is 7.37. The average molecular weight is 388 g/mol. The van der Waals surface area contributed by atoms with Crippen molar-refractivity contribution in [3.63, 3.8) is 0 Å². The van der Waals surface area contributed by atoms with Crippen LogP contribution in [-0.4, -0.2) is 29.2 Å². The molecule has 1 atom stereocenters. The fourth-order valence-corrected chi connectivity index (χ4v) is 1.80. The molecule has 1 aromatic carbocycles. The van der Waals surface area contributed by atoms with Crippen molar-refractivity contribution < 1.29 is 19.0 Å². The summed E-state index contributed by atoms with van der Waals surface area (Å²) in [7, 11) is 1.31. The summed E-state index contributed by atoms with van der Waals surface area (Å²) in [4.78, 5) is 19.2. The Morgan fingerprint density at radius 1 is 1.27 bits per heavy atom. The normalized spacial score (nSPS) is 11.6. The van der Waals surface area contributed by atoms with Crippen LogP contribution in [0.15, 0.2) is 34.9 Å². The van der Waals surface area contributed by atoms with Gasteiger partial charge in [-0.2, -0.15) is 4.98 Å². The van der Waals surface area contributed by atoms with E-state index in [-0.39, 0.29) is 11.2 Å². The zero-order valence-electron chi connectivity index (χ0n) is 11.7. The lowest BCUT2D eigenvalue weighted by molar-refractivity contribution is -0.147. The maximum atomic E-state index is 11.3. The van der Waals surface area contributed by atoms with E-state index < -0.39 is 12.1 Å². The van der Waals surface area contributed by atoms with Gasteiger partial charge in [0.25, 0.3) is 0 Å². The summed E-state index contributed by atoms with van der Waals surface area (Å²) in [5.74, 6) is 0.578. The highest BCUT2D eigenvalue weighted by Crippen LogP contribution is 2.25. The largest absolute Gasteiger partial charge is 0.479 e. The first-order chi connectivity index (χ1) is 10.5. The maximum Gasteiger partial charge on any atom is 0.346 e. The van der Waals surface area contributed by atoms with E-state index in [2.05, 4.69) is 30.6 Å². The molecule has 22 heavy (non-hydrogen) atoms. The van der Waals surface area contributed by atoms with Crippen LogP contribution in [0.5, 0.6) is 17.5 Å². The number of carbonyl (C=O) groups is 1. The quantitative estimate of drug-likeness (QED) is 0.576. The summed E-state index contributed by atoms with van der Waals surface area (Å²) in [6.07, 6.45) is 0.811. The molecule has 0 radical (unpaired) electrons. The number of aromatic nitrogens is 2. The van der Waals surface area contributed by atoms with Crippen molar-refractivity contribution in [1.29, 1.82) is 0 Å². The molecule has 0 saturated carbocycles. The molecule has 0 amide bonds. The van der Waals surface area contributed by atoms with Crippen molar-refractivity contribution in [2.24, 2.45) is 0 Å². The highest BCUT2D eigenvalue weighted by atomic mass is 79.9.